The lowest BCUT2D eigenvalue weighted by atomic mass is 9.81. The summed E-state index contributed by atoms with van der Waals surface area (Å²) in [5, 5.41) is 12.8. The molecule has 1 aliphatic carbocycles. The lowest BCUT2D eigenvalue weighted by Crippen LogP contribution is -2.67. The first-order valence-electron chi connectivity index (χ1n) is 15.6. The molecule has 6 rings (SSSR count). The van der Waals surface area contributed by atoms with Gasteiger partial charge in [-0.1, -0.05) is 18.5 Å². The third-order valence-corrected chi connectivity index (χ3v) is 9.34. The summed E-state index contributed by atoms with van der Waals surface area (Å²) in [4.78, 5) is 63.8. The van der Waals surface area contributed by atoms with Crippen LogP contribution in [0.1, 0.15) is 47.2 Å². The normalized spacial score (nSPS) is 17.5. The number of aryl methyl sites for hydroxylation is 1. The molecule has 1 aromatic carbocycles. The van der Waals surface area contributed by atoms with Gasteiger partial charge in [0, 0.05) is 38.9 Å². The fourth-order valence-corrected chi connectivity index (χ4v) is 6.64. The highest BCUT2D eigenvalue weighted by Crippen LogP contribution is 2.39. The first kappa shape index (κ1) is 33.9. The van der Waals surface area contributed by atoms with E-state index in [0.717, 1.165) is 18.2 Å². The molecule has 13 nitrogen and oxygen atoms in total. The minimum Gasteiger partial charge on any atom is -0.504 e. The average Bonchev–Trinajstić information content (AvgIpc) is 3.03. The first-order valence-corrected chi connectivity index (χ1v) is 15.9. The Balaban J connectivity index is 1.38. The van der Waals surface area contributed by atoms with Gasteiger partial charge in [0.05, 0.1) is 34.2 Å². The van der Waals surface area contributed by atoms with Crippen LogP contribution in [0.25, 0.3) is 11.2 Å². The molecule has 17 heteroatoms. The number of rotatable bonds is 7. The SMILES string of the molecule is CCc1c(N2CCN(C(=O)c3ncnc(C)c3O)[C@H]3CC[C@H]32)c(=O)c2nc(N(C)C)cnc2n1CC(=O)Nc1ccc(C(F)(F)F)cc1Cl. The Morgan fingerprint density at radius 1 is 1.12 bits per heavy atom. The van der Waals surface area contributed by atoms with Crippen molar-refractivity contribution in [2.24, 2.45) is 0 Å². The fourth-order valence-electron chi connectivity index (χ4n) is 6.42. The van der Waals surface area contributed by atoms with Crippen LogP contribution >= 0.6 is 11.6 Å². The number of anilines is 3. The average molecular weight is 700 g/mol. The minimum absolute atomic E-state index is 0.00714. The van der Waals surface area contributed by atoms with E-state index >= 15 is 0 Å². The molecule has 2 amide bonds. The summed E-state index contributed by atoms with van der Waals surface area (Å²) in [6.45, 7) is 3.58. The fraction of sp³-hybridized carbons (Fsp3) is 0.406. The molecular weight excluding hydrogens is 667 g/mol. The van der Waals surface area contributed by atoms with Crippen LogP contribution in [0.3, 0.4) is 0 Å². The molecule has 1 saturated heterocycles. The highest BCUT2D eigenvalue weighted by molar-refractivity contribution is 6.33. The van der Waals surface area contributed by atoms with Crippen molar-refractivity contribution in [2.45, 2.75) is 57.9 Å². The zero-order chi connectivity index (χ0) is 35.4. The van der Waals surface area contributed by atoms with E-state index in [-0.39, 0.29) is 76.2 Å². The summed E-state index contributed by atoms with van der Waals surface area (Å²) in [6, 6.07) is 2.14. The van der Waals surface area contributed by atoms with Crippen molar-refractivity contribution in [1.82, 2.24) is 29.4 Å². The Hall–Kier alpha value is -4.99. The molecule has 1 aliphatic heterocycles. The summed E-state index contributed by atoms with van der Waals surface area (Å²) in [5.74, 6) is -0.890. The molecular formula is C32H33ClF3N9O4. The van der Waals surface area contributed by atoms with E-state index in [1.54, 1.807) is 35.4 Å². The largest absolute Gasteiger partial charge is 0.504 e. The predicted octanol–water partition coefficient (Wildman–Crippen LogP) is 4.03. The summed E-state index contributed by atoms with van der Waals surface area (Å²) >= 11 is 6.11. The number of pyridine rings is 1. The van der Waals surface area contributed by atoms with Gasteiger partial charge in [-0.2, -0.15) is 13.2 Å². The quantitative estimate of drug-likeness (QED) is 0.290. The Morgan fingerprint density at radius 2 is 1.86 bits per heavy atom. The molecule has 4 heterocycles. The zero-order valence-electron chi connectivity index (χ0n) is 27.0. The summed E-state index contributed by atoms with van der Waals surface area (Å²) in [7, 11) is 3.51. The number of benzene rings is 1. The van der Waals surface area contributed by atoms with Gasteiger partial charge in [0.1, 0.15) is 24.4 Å². The van der Waals surface area contributed by atoms with Gasteiger partial charge in [0.2, 0.25) is 11.3 Å². The van der Waals surface area contributed by atoms with Crippen molar-refractivity contribution in [1.29, 1.82) is 0 Å². The number of amides is 2. The second-order valence-corrected chi connectivity index (χ2v) is 12.6. The molecule has 0 radical (unpaired) electrons. The van der Waals surface area contributed by atoms with E-state index in [1.807, 2.05) is 11.8 Å². The number of aromatic hydroxyl groups is 1. The number of hydrogen-bond donors (Lipinski definition) is 2. The topological polar surface area (TPSA) is 150 Å². The Labute approximate surface area is 283 Å². The number of halogens is 4. The van der Waals surface area contributed by atoms with Crippen LogP contribution in [0.2, 0.25) is 5.02 Å². The molecule has 1 saturated carbocycles. The van der Waals surface area contributed by atoms with Gasteiger partial charge in [-0.25, -0.2) is 19.9 Å². The molecule has 4 aromatic rings. The monoisotopic (exact) mass is 699 g/mol. The van der Waals surface area contributed by atoms with E-state index in [2.05, 4.69) is 25.3 Å². The van der Waals surface area contributed by atoms with Gasteiger partial charge in [0.15, 0.2) is 22.6 Å². The van der Waals surface area contributed by atoms with E-state index in [1.165, 1.54) is 12.5 Å². The molecule has 2 aliphatic rings. The smallest absolute Gasteiger partial charge is 0.416 e. The molecule has 49 heavy (non-hydrogen) atoms. The minimum atomic E-state index is -4.60. The lowest BCUT2D eigenvalue weighted by Gasteiger charge is -2.54. The maximum Gasteiger partial charge on any atom is 0.416 e. The van der Waals surface area contributed by atoms with Gasteiger partial charge in [0.25, 0.3) is 5.91 Å². The van der Waals surface area contributed by atoms with Gasteiger partial charge in [-0.05, 0) is 44.4 Å². The molecule has 258 valence electrons. The second kappa shape index (κ2) is 12.8. The van der Waals surface area contributed by atoms with Crippen LogP contribution in [-0.2, 0) is 23.9 Å². The van der Waals surface area contributed by atoms with E-state index in [4.69, 9.17) is 11.6 Å². The number of aromatic nitrogens is 5. The third kappa shape index (κ3) is 6.09. The number of hydrogen-bond acceptors (Lipinski definition) is 10. The van der Waals surface area contributed by atoms with E-state index < -0.39 is 23.6 Å². The van der Waals surface area contributed by atoms with Crippen LogP contribution in [0.5, 0.6) is 5.75 Å². The third-order valence-electron chi connectivity index (χ3n) is 9.03. The summed E-state index contributed by atoms with van der Waals surface area (Å²) in [5.41, 5.74) is -0.0865. The van der Waals surface area contributed by atoms with Crippen LogP contribution in [0, 0.1) is 6.92 Å². The Kier molecular flexibility index (Phi) is 8.85. The maximum atomic E-state index is 14.3. The van der Waals surface area contributed by atoms with E-state index in [0.29, 0.717) is 36.5 Å². The van der Waals surface area contributed by atoms with Gasteiger partial charge < -0.3 is 29.7 Å². The molecule has 3 aromatic heterocycles. The van der Waals surface area contributed by atoms with Crippen LogP contribution in [0.15, 0.2) is 35.5 Å². The van der Waals surface area contributed by atoms with Crippen molar-refractivity contribution >= 4 is 51.8 Å². The van der Waals surface area contributed by atoms with Crippen molar-refractivity contribution in [2.75, 3.05) is 42.3 Å². The predicted molar refractivity (Wildman–Crippen MR) is 176 cm³/mol. The summed E-state index contributed by atoms with van der Waals surface area (Å²) < 4.78 is 41.1. The molecule has 0 spiro atoms. The van der Waals surface area contributed by atoms with Crippen molar-refractivity contribution in [3.63, 3.8) is 0 Å². The Bertz CT molecular complexity index is 2040. The number of fused-ring (bicyclic) bond motifs is 2. The standard InChI is InChI=1S/C32H33ClF3N9O4/c1-5-20-27(43-10-11-44(22-9-8-21(22)43)31(49)26-28(47)16(2)38-15-39-26)29(48)25-30(37-13-23(41-25)42(3)4)45(20)14-24(46)40-19-7-6-17(12-18(19)33)32(34,35)36/h6-7,12-13,15,21-22,47H,5,8-11,14H2,1-4H3,(H,40,46)/t21-,22+/m1/s1. The first-order chi connectivity index (χ1) is 23.2. The van der Waals surface area contributed by atoms with Crippen molar-refractivity contribution in [3.05, 3.63) is 68.6 Å². The van der Waals surface area contributed by atoms with Crippen molar-refractivity contribution in [3.8, 4) is 5.75 Å². The summed E-state index contributed by atoms with van der Waals surface area (Å²) in [6.07, 6.45) is -0.226. The highest BCUT2D eigenvalue weighted by Gasteiger charge is 2.47. The number of nitrogens with one attached hydrogen (secondary N) is 1. The number of carbonyl (C=O) groups is 2. The van der Waals surface area contributed by atoms with Crippen molar-refractivity contribution < 1.29 is 27.9 Å². The number of piperazine rings is 1. The van der Waals surface area contributed by atoms with Crippen LogP contribution < -0.4 is 20.5 Å². The Morgan fingerprint density at radius 3 is 2.49 bits per heavy atom. The van der Waals surface area contributed by atoms with Gasteiger partial charge in [-0.3, -0.25) is 14.4 Å². The number of nitrogens with zero attached hydrogens (tertiary/aromatic N) is 8. The van der Waals surface area contributed by atoms with Crippen LogP contribution in [-0.4, -0.2) is 85.6 Å². The highest BCUT2D eigenvalue weighted by atomic mass is 35.5. The second-order valence-electron chi connectivity index (χ2n) is 12.2. The van der Waals surface area contributed by atoms with E-state index in [9.17, 15) is 32.7 Å². The van der Waals surface area contributed by atoms with Gasteiger partial charge >= 0.3 is 6.18 Å². The maximum absolute atomic E-state index is 14.3. The molecule has 0 bridgehead atoms. The van der Waals surface area contributed by atoms with Gasteiger partial charge in [-0.15, -0.1) is 0 Å². The molecule has 2 fully saturated rings. The molecule has 0 unspecified atom stereocenters. The molecule has 2 N–H and O–H groups in total. The zero-order valence-corrected chi connectivity index (χ0v) is 27.8. The number of carbonyl (C=O) groups excluding carboxylic acids is 2. The van der Waals surface area contributed by atoms with Crippen LogP contribution in [0.4, 0.5) is 30.4 Å². The molecule has 2 atom stereocenters. The lowest BCUT2D eigenvalue weighted by molar-refractivity contribution is -0.137. The number of alkyl halides is 3.